The Balaban J connectivity index is 1.67. The van der Waals surface area contributed by atoms with Crippen molar-refractivity contribution in [1.29, 1.82) is 0 Å². The highest BCUT2D eigenvalue weighted by Gasteiger charge is 2.20. The summed E-state index contributed by atoms with van der Waals surface area (Å²) in [5.41, 5.74) is 1.19. The van der Waals surface area contributed by atoms with Crippen LogP contribution in [0.3, 0.4) is 0 Å². The highest BCUT2D eigenvalue weighted by molar-refractivity contribution is 7.99. The van der Waals surface area contributed by atoms with E-state index in [0.717, 1.165) is 0 Å². The van der Waals surface area contributed by atoms with Gasteiger partial charge in [0.25, 0.3) is 5.91 Å². The molecule has 1 unspecified atom stereocenters. The number of ketones is 1. The van der Waals surface area contributed by atoms with E-state index >= 15 is 0 Å². The molecule has 150 valence electrons. The van der Waals surface area contributed by atoms with Crippen molar-refractivity contribution < 1.29 is 9.59 Å². The molecule has 0 fully saturated rings. The lowest BCUT2D eigenvalue weighted by molar-refractivity contribution is 0.0936. The van der Waals surface area contributed by atoms with E-state index in [0.29, 0.717) is 33.7 Å². The maximum Gasteiger partial charge on any atom is 0.251 e. The number of Topliss-reactive ketones (excluding diaryl/α,β-unsaturated/α-hetero) is 1. The van der Waals surface area contributed by atoms with Crippen LogP contribution in [0.15, 0.2) is 59.8 Å². The molecule has 1 N–H and O–H groups in total. The predicted molar refractivity (Wildman–Crippen MR) is 115 cm³/mol. The Morgan fingerprint density at radius 2 is 1.76 bits per heavy atom. The fourth-order valence-electron chi connectivity index (χ4n) is 2.81. The van der Waals surface area contributed by atoms with Gasteiger partial charge in [0.15, 0.2) is 16.8 Å². The molecule has 0 saturated heterocycles. The molecular formula is C21H21ClN4O2S. The van der Waals surface area contributed by atoms with Crippen molar-refractivity contribution in [3.05, 3.63) is 76.6 Å². The Kier molecular flexibility index (Phi) is 7.06. The van der Waals surface area contributed by atoms with E-state index in [4.69, 9.17) is 11.6 Å². The third-order valence-corrected chi connectivity index (χ3v) is 5.55. The molecule has 0 spiro atoms. The molecule has 0 bridgehead atoms. The third kappa shape index (κ3) is 5.25. The normalized spacial score (nSPS) is 11.8. The topological polar surface area (TPSA) is 76.9 Å². The molecule has 0 saturated carbocycles. The number of amides is 1. The SMILES string of the molecule is CCn1c(SCC(=O)c2ccccc2)nnc1C(C)NC(=O)c1ccc(Cl)cc1. The minimum Gasteiger partial charge on any atom is -0.342 e. The molecule has 0 aliphatic heterocycles. The first kappa shape index (κ1) is 21.1. The van der Waals surface area contributed by atoms with Gasteiger partial charge in [-0.2, -0.15) is 0 Å². The molecule has 1 heterocycles. The standard InChI is InChI=1S/C21H21ClN4O2S/c1-3-26-19(14(2)23-20(28)16-9-11-17(22)12-10-16)24-25-21(26)29-13-18(27)15-7-5-4-6-8-15/h4-12,14H,3,13H2,1-2H3,(H,23,28). The fourth-order valence-corrected chi connectivity index (χ4v) is 3.84. The van der Waals surface area contributed by atoms with Gasteiger partial charge in [-0.05, 0) is 38.1 Å². The van der Waals surface area contributed by atoms with E-state index in [2.05, 4.69) is 15.5 Å². The number of thioether (sulfide) groups is 1. The molecule has 3 rings (SSSR count). The van der Waals surface area contributed by atoms with E-state index in [1.54, 1.807) is 36.4 Å². The summed E-state index contributed by atoms with van der Waals surface area (Å²) in [5, 5.41) is 12.6. The summed E-state index contributed by atoms with van der Waals surface area (Å²) in [4.78, 5) is 24.8. The third-order valence-electron chi connectivity index (χ3n) is 4.33. The van der Waals surface area contributed by atoms with Crippen LogP contribution in [0.4, 0.5) is 0 Å². The van der Waals surface area contributed by atoms with Gasteiger partial charge >= 0.3 is 0 Å². The summed E-state index contributed by atoms with van der Waals surface area (Å²) in [7, 11) is 0. The van der Waals surface area contributed by atoms with Crippen LogP contribution in [0.1, 0.15) is 46.4 Å². The summed E-state index contributed by atoms with van der Waals surface area (Å²) >= 11 is 7.21. The van der Waals surface area contributed by atoms with Crippen molar-refractivity contribution >= 4 is 35.1 Å². The van der Waals surface area contributed by atoms with Crippen LogP contribution >= 0.6 is 23.4 Å². The molecule has 0 aliphatic carbocycles. The van der Waals surface area contributed by atoms with Crippen molar-refractivity contribution in [2.24, 2.45) is 0 Å². The second kappa shape index (κ2) is 9.71. The molecule has 1 aromatic heterocycles. The molecule has 6 nitrogen and oxygen atoms in total. The average molecular weight is 429 g/mol. The van der Waals surface area contributed by atoms with Crippen molar-refractivity contribution in [3.8, 4) is 0 Å². The maximum atomic E-state index is 12.5. The number of carbonyl (C=O) groups excluding carboxylic acids is 2. The first-order valence-corrected chi connectivity index (χ1v) is 10.6. The summed E-state index contributed by atoms with van der Waals surface area (Å²) in [6, 6.07) is 15.5. The summed E-state index contributed by atoms with van der Waals surface area (Å²) in [6.45, 7) is 4.46. The van der Waals surface area contributed by atoms with E-state index in [1.807, 2.05) is 36.6 Å². The number of aromatic nitrogens is 3. The smallest absolute Gasteiger partial charge is 0.251 e. The van der Waals surface area contributed by atoms with Gasteiger partial charge in [0, 0.05) is 22.7 Å². The number of hydrogen-bond donors (Lipinski definition) is 1. The Morgan fingerprint density at radius 3 is 2.41 bits per heavy atom. The lowest BCUT2D eigenvalue weighted by Crippen LogP contribution is -2.28. The molecule has 1 atom stereocenters. The fraction of sp³-hybridized carbons (Fsp3) is 0.238. The lowest BCUT2D eigenvalue weighted by Gasteiger charge is -2.15. The van der Waals surface area contributed by atoms with Gasteiger partial charge in [0.05, 0.1) is 11.8 Å². The van der Waals surface area contributed by atoms with E-state index in [-0.39, 0.29) is 23.5 Å². The molecule has 1 amide bonds. The molecule has 2 aromatic carbocycles. The van der Waals surface area contributed by atoms with Gasteiger partial charge in [-0.15, -0.1) is 10.2 Å². The Labute approximate surface area is 178 Å². The van der Waals surface area contributed by atoms with Crippen LogP contribution in [0.25, 0.3) is 0 Å². The second-order valence-electron chi connectivity index (χ2n) is 6.36. The first-order chi connectivity index (χ1) is 14.0. The van der Waals surface area contributed by atoms with Gasteiger partial charge in [-0.3, -0.25) is 9.59 Å². The number of carbonyl (C=O) groups is 2. The minimum absolute atomic E-state index is 0.0342. The van der Waals surface area contributed by atoms with E-state index < -0.39 is 0 Å². The number of benzene rings is 2. The number of rotatable bonds is 8. The number of hydrogen-bond acceptors (Lipinski definition) is 5. The highest BCUT2D eigenvalue weighted by Crippen LogP contribution is 2.22. The van der Waals surface area contributed by atoms with Gasteiger partial charge in [0.2, 0.25) is 0 Å². The monoisotopic (exact) mass is 428 g/mol. The molecule has 0 radical (unpaired) electrons. The average Bonchev–Trinajstić information content (AvgIpc) is 3.16. The molecule has 3 aromatic rings. The van der Waals surface area contributed by atoms with Crippen LogP contribution in [-0.2, 0) is 6.54 Å². The number of nitrogens with zero attached hydrogens (tertiary/aromatic N) is 3. The minimum atomic E-state index is -0.343. The number of halogens is 1. The van der Waals surface area contributed by atoms with Crippen molar-refractivity contribution in [2.45, 2.75) is 31.6 Å². The molecule has 8 heteroatoms. The van der Waals surface area contributed by atoms with Crippen molar-refractivity contribution in [2.75, 3.05) is 5.75 Å². The van der Waals surface area contributed by atoms with Crippen LogP contribution in [0.5, 0.6) is 0 Å². The zero-order valence-corrected chi connectivity index (χ0v) is 17.7. The van der Waals surface area contributed by atoms with Crippen LogP contribution in [0, 0.1) is 0 Å². The quantitative estimate of drug-likeness (QED) is 0.424. The van der Waals surface area contributed by atoms with Crippen LogP contribution < -0.4 is 5.32 Å². The predicted octanol–water partition coefficient (Wildman–Crippen LogP) is 4.42. The molecule has 0 aliphatic rings. The Bertz CT molecular complexity index is 990. The van der Waals surface area contributed by atoms with E-state index in [1.165, 1.54) is 11.8 Å². The van der Waals surface area contributed by atoms with Gasteiger partial charge in [0.1, 0.15) is 0 Å². The maximum absolute atomic E-state index is 12.5. The van der Waals surface area contributed by atoms with Crippen LogP contribution in [-0.4, -0.2) is 32.2 Å². The van der Waals surface area contributed by atoms with Crippen LogP contribution in [0.2, 0.25) is 5.02 Å². The van der Waals surface area contributed by atoms with Gasteiger partial charge in [-0.1, -0.05) is 53.7 Å². The van der Waals surface area contributed by atoms with Gasteiger partial charge in [-0.25, -0.2) is 0 Å². The summed E-state index contributed by atoms with van der Waals surface area (Å²) in [6.07, 6.45) is 0. The zero-order chi connectivity index (χ0) is 20.8. The summed E-state index contributed by atoms with van der Waals surface area (Å²) < 4.78 is 1.91. The van der Waals surface area contributed by atoms with Crippen molar-refractivity contribution in [3.63, 3.8) is 0 Å². The lowest BCUT2D eigenvalue weighted by atomic mass is 10.2. The van der Waals surface area contributed by atoms with E-state index in [9.17, 15) is 9.59 Å². The van der Waals surface area contributed by atoms with Gasteiger partial charge < -0.3 is 9.88 Å². The Hall–Kier alpha value is -2.64. The highest BCUT2D eigenvalue weighted by atomic mass is 35.5. The Morgan fingerprint density at radius 1 is 1.07 bits per heavy atom. The molecule has 29 heavy (non-hydrogen) atoms. The molecular weight excluding hydrogens is 408 g/mol. The summed E-state index contributed by atoms with van der Waals surface area (Å²) in [5.74, 6) is 0.734. The number of nitrogens with one attached hydrogen (secondary N) is 1. The largest absolute Gasteiger partial charge is 0.342 e. The zero-order valence-electron chi connectivity index (χ0n) is 16.1. The van der Waals surface area contributed by atoms with Crippen molar-refractivity contribution in [1.82, 2.24) is 20.1 Å². The second-order valence-corrected chi connectivity index (χ2v) is 7.74. The first-order valence-electron chi connectivity index (χ1n) is 9.20.